The van der Waals surface area contributed by atoms with E-state index in [0.29, 0.717) is 0 Å². The number of para-hydroxylation sites is 1. The Morgan fingerprint density at radius 3 is 2.80 bits per heavy atom. The second kappa shape index (κ2) is 5.20. The molecular formula is C18H22N2. The first-order valence-electron chi connectivity index (χ1n) is 7.30. The van der Waals surface area contributed by atoms with Crippen LogP contribution in [0.15, 0.2) is 53.1 Å². The van der Waals surface area contributed by atoms with Crippen LogP contribution in [0.4, 0.5) is 5.69 Å². The monoisotopic (exact) mass is 266 g/mol. The minimum atomic E-state index is 0.983. The van der Waals surface area contributed by atoms with Crippen LogP contribution in [0, 0.1) is 0 Å². The Kier molecular flexibility index (Phi) is 3.39. The molecule has 1 aliphatic heterocycles. The van der Waals surface area contributed by atoms with Gasteiger partial charge in [0.25, 0.3) is 0 Å². The summed E-state index contributed by atoms with van der Waals surface area (Å²) in [4.78, 5) is 2.35. The molecule has 1 aliphatic carbocycles. The van der Waals surface area contributed by atoms with Crippen LogP contribution in [0.5, 0.6) is 0 Å². The van der Waals surface area contributed by atoms with Crippen molar-refractivity contribution in [2.24, 2.45) is 0 Å². The van der Waals surface area contributed by atoms with Gasteiger partial charge < -0.3 is 10.2 Å². The van der Waals surface area contributed by atoms with Crippen molar-refractivity contribution in [3.8, 4) is 0 Å². The van der Waals surface area contributed by atoms with Gasteiger partial charge in [-0.2, -0.15) is 0 Å². The zero-order valence-electron chi connectivity index (χ0n) is 12.5. The number of rotatable bonds is 1. The Balaban J connectivity index is 2.26. The first-order chi connectivity index (χ1) is 9.72. The molecule has 2 heteroatoms. The molecule has 0 atom stereocenters. The number of nitrogens with one attached hydrogen (secondary N) is 1. The summed E-state index contributed by atoms with van der Waals surface area (Å²) in [5, 5.41) is 3.43. The second-order valence-electron chi connectivity index (χ2n) is 5.57. The predicted octanol–water partition coefficient (Wildman–Crippen LogP) is 3.73. The number of hydrogen-bond acceptors (Lipinski definition) is 2. The molecule has 0 spiro atoms. The fraction of sp³-hybridized carbons (Fsp3) is 0.333. The van der Waals surface area contributed by atoms with Gasteiger partial charge in [0.15, 0.2) is 0 Å². The molecule has 1 N–H and O–H groups in total. The van der Waals surface area contributed by atoms with Gasteiger partial charge in [-0.15, -0.1) is 0 Å². The molecule has 0 amide bonds. The highest BCUT2D eigenvalue weighted by Crippen LogP contribution is 2.36. The molecule has 0 radical (unpaired) electrons. The summed E-state index contributed by atoms with van der Waals surface area (Å²) in [5.74, 6) is 0. The fourth-order valence-electron chi connectivity index (χ4n) is 3.32. The van der Waals surface area contributed by atoms with Crippen LogP contribution in [-0.4, -0.2) is 20.6 Å². The normalized spacial score (nSPS) is 22.1. The van der Waals surface area contributed by atoms with E-state index in [9.17, 15) is 0 Å². The lowest BCUT2D eigenvalue weighted by molar-refractivity contribution is 0.892. The van der Waals surface area contributed by atoms with E-state index in [2.05, 4.69) is 60.6 Å². The Bertz CT molecular complexity index is 620. The third-order valence-corrected chi connectivity index (χ3v) is 4.34. The van der Waals surface area contributed by atoms with Gasteiger partial charge in [-0.1, -0.05) is 30.4 Å². The SMILES string of the molecule is CN/C1=C(\C)C2=C(C=CCC2)CN(C)c2ccccc21. The summed E-state index contributed by atoms with van der Waals surface area (Å²) in [6.07, 6.45) is 6.91. The zero-order chi connectivity index (χ0) is 14.1. The van der Waals surface area contributed by atoms with Gasteiger partial charge >= 0.3 is 0 Å². The number of nitrogens with zero attached hydrogens (tertiary/aromatic N) is 1. The average Bonchev–Trinajstić information content (AvgIpc) is 2.48. The molecule has 3 rings (SSSR count). The van der Waals surface area contributed by atoms with E-state index in [1.807, 2.05) is 7.05 Å². The van der Waals surface area contributed by atoms with Crippen LogP contribution in [0.25, 0.3) is 5.70 Å². The molecule has 2 nitrogen and oxygen atoms in total. The number of anilines is 1. The minimum Gasteiger partial charge on any atom is -0.387 e. The van der Waals surface area contributed by atoms with Crippen LogP contribution >= 0.6 is 0 Å². The minimum absolute atomic E-state index is 0.983. The maximum atomic E-state index is 3.43. The van der Waals surface area contributed by atoms with Crippen molar-refractivity contribution in [3.05, 3.63) is 58.7 Å². The van der Waals surface area contributed by atoms with Crippen LogP contribution in [0.3, 0.4) is 0 Å². The molecule has 0 fully saturated rings. The molecule has 1 aromatic carbocycles. The fourth-order valence-corrected chi connectivity index (χ4v) is 3.32. The van der Waals surface area contributed by atoms with E-state index in [-0.39, 0.29) is 0 Å². The zero-order valence-corrected chi connectivity index (χ0v) is 12.5. The van der Waals surface area contributed by atoms with Crippen molar-refractivity contribution in [3.63, 3.8) is 0 Å². The third-order valence-electron chi connectivity index (χ3n) is 4.34. The van der Waals surface area contributed by atoms with Crippen LogP contribution in [0.1, 0.15) is 25.3 Å². The predicted molar refractivity (Wildman–Crippen MR) is 86.8 cm³/mol. The lowest BCUT2D eigenvalue weighted by Gasteiger charge is -2.30. The Morgan fingerprint density at radius 2 is 2.00 bits per heavy atom. The van der Waals surface area contributed by atoms with Gasteiger partial charge in [-0.3, -0.25) is 0 Å². The van der Waals surface area contributed by atoms with E-state index in [4.69, 9.17) is 0 Å². The molecule has 0 saturated heterocycles. The maximum Gasteiger partial charge on any atom is 0.0464 e. The van der Waals surface area contributed by atoms with E-state index in [0.717, 1.165) is 19.4 Å². The van der Waals surface area contributed by atoms with Crippen molar-refractivity contribution in [2.45, 2.75) is 19.8 Å². The molecule has 20 heavy (non-hydrogen) atoms. The molecule has 2 aliphatic rings. The molecule has 0 aromatic heterocycles. The van der Waals surface area contributed by atoms with E-state index in [1.165, 1.54) is 33.7 Å². The van der Waals surface area contributed by atoms with Crippen molar-refractivity contribution < 1.29 is 0 Å². The standard InChI is InChI=1S/C18H22N2/c1-13-15-9-5-4-8-14(15)12-20(3)17-11-7-6-10-16(17)18(13)19-2/h4,6-8,10-11,19H,5,9,12H2,1-3H3/b18-13+. The lowest BCUT2D eigenvalue weighted by atomic mass is 9.87. The van der Waals surface area contributed by atoms with Gasteiger partial charge in [-0.25, -0.2) is 0 Å². The highest BCUT2D eigenvalue weighted by molar-refractivity contribution is 5.81. The molecule has 1 heterocycles. The van der Waals surface area contributed by atoms with E-state index >= 15 is 0 Å². The van der Waals surface area contributed by atoms with Crippen molar-refractivity contribution in [1.82, 2.24) is 5.32 Å². The van der Waals surface area contributed by atoms with Crippen LogP contribution in [-0.2, 0) is 0 Å². The smallest absolute Gasteiger partial charge is 0.0464 e. The molecule has 0 bridgehead atoms. The highest BCUT2D eigenvalue weighted by Gasteiger charge is 2.21. The highest BCUT2D eigenvalue weighted by atomic mass is 15.1. The number of allylic oxidation sites excluding steroid dienone is 3. The van der Waals surface area contributed by atoms with Gasteiger partial charge in [-0.05, 0) is 42.6 Å². The van der Waals surface area contributed by atoms with Crippen molar-refractivity contribution in [1.29, 1.82) is 0 Å². The first kappa shape index (κ1) is 13.0. The maximum absolute atomic E-state index is 3.43. The molecule has 104 valence electrons. The molecule has 0 saturated carbocycles. The summed E-state index contributed by atoms with van der Waals surface area (Å²) in [5.41, 5.74) is 8.22. The molecule has 0 unspecified atom stereocenters. The molecule has 1 aromatic rings. The summed E-state index contributed by atoms with van der Waals surface area (Å²) < 4.78 is 0. The molecular weight excluding hydrogens is 244 g/mol. The summed E-state index contributed by atoms with van der Waals surface area (Å²) in [7, 11) is 4.20. The van der Waals surface area contributed by atoms with Gasteiger partial charge in [0.1, 0.15) is 0 Å². The van der Waals surface area contributed by atoms with Crippen LogP contribution < -0.4 is 10.2 Å². The Hall–Kier alpha value is -1.96. The Labute approximate surface area is 121 Å². The Morgan fingerprint density at radius 1 is 1.20 bits per heavy atom. The van der Waals surface area contributed by atoms with Crippen molar-refractivity contribution in [2.75, 3.05) is 25.5 Å². The third kappa shape index (κ3) is 2.05. The number of fused-ring (bicyclic) bond motifs is 1. The van der Waals surface area contributed by atoms with E-state index in [1.54, 1.807) is 0 Å². The number of likely N-dealkylation sites (N-methyl/N-ethyl adjacent to an activating group) is 1. The topological polar surface area (TPSA) is 15.3 Å². The van der Waals surface area contributed by atoms with Gasteiger partial charge in [0.2, 0.25) is 0 Å². The van der Waals surface area contributed by atoms with E-state index < -0.39 is 0 Å². The van der Waals surface area contributed by atoms with Crippen LogP contribution in [0.2, 0.25) is 0 Å². The lowest BCUT2D eigenvalue weighted by Crippen LogP contribution is -2.25. The average molecular weight is 266 g/mol. The summed E-state index contributed by atoms with van der Waals surface area (Å²) >= 11 is 0. The summed E-state index contributed by atoms with van der Waals surface area (Å²) in [6.45, 7) is 3.24. The first-order valence-corrected chi connectivity index (χ1v) is 7.30. The second-order valence-corrected chi connectivity index (χ2v) is 5.57. The van der Waals surface area contributed by atoms with Gasteiger partial charge in [0, 0.05) is 37.6 Å². The largest absolute Gasteiger partial charge is 0.387 e. The number of hydrogen-bond donors (Lipinski definition) is 1. The van der Waals surface area contributed by atoms with Crippen molar-refractivity contribution >= 4 is 11.4 Å². The van der Waals surface area contributed by atoms with Gasteiger partial charge in [0.05, 0.1) is 0 Å². The number of benzene rings is 1. The quantitative estimate of drug-likeness (QED) is 0.833. The summed E-state index contributed by atoms with van der Waals surface area (Å²) in [6, 6.07) is 8.66.